The molecule has 0 aliphatic carbocycles. The largest absolute Gasteiger partial charge is 0.449 e. The van der Waals surface area contributed by atoms with Crippen molar-refractivity contribution in [2.24, 2.45) is 0 Å². The van der Waals surface area contributed by atoms with Gasteiger partial charge in [0.1, 0.15) is 0 Å². The Balaban J connectivity index is 2.04. The van der Waals surface area contributed by atoms with Gasteiger partial charge in [0.2, 0.25) is 0 Å². The Morgan fingerprint density at radius 3 is 2.48 bits per heavy atom. The van der Waals surface area contributed by atoms with Crippen LogP contribution in [0.15, 0.2) is 53.4 Å². The van der Waals surface area contributed by atoms with E-state index in [1.165, 1.54) is 25.6 Å². The van der Waals surface area contributed by atoms with Gasteiger partial charge >= 0.3 is 5.97 Å². The first kappa shape index (κ1) is 18.7. The lowest BCUT2D eigenvalue weighted by Gasteiger charge is -2.15. The summed E-state index contributed by atoms with van der Waals surface area (Å²) in [5.74, 6) is -1.11. The lowest BCUT2D eigenvalue weighted by molar-refractivity contribution is -0.123. The maximum atomic E-state index is 12.3. The molecule has 1 N–H and O–H groups in total. The Morgan fingerprint density at radius 2 is 1.80 bits per heavy atom. The van der Waals surface area contributed by atoms with E-state index in [4.69, 9.17) is 4.74 Å². The number of rotatable bonds is 6. The van der Waals surface area contributed by atoms with Crippen molar-refractivity contribution in [2.75, 3.05) is 11.6 Å². The Labute approximate surface area is 150 Å². The van der Waals surface area contributed by atoms with Crippen molar-refractivity contribution in [3.05, 3.63) is 59.7 Å². The quantitative estimate of drug-likeness (QED) is 0.484. The van der Waals surface area contributed by atoms with Crippen LogP contribution in [0.5, 0.6) is 0 Å². The van der Waals surface area contributed by atoms with E-state index < -0.39 is 18.0 Å². The highest BCUT2D eigenvalue weighted by molar-refractivity contribution is 7.98. The predicted molar refractivity (Wildman–Crippen MR) is 98.2 cm³/mol. The zero-order valence-corrected chi connectivity index (χ0v) is 15.1. The van der Waals surface area contributed by atoms with Crippen molar-refractivity contribution >= 4 is 35.1 Å². The maximum absolute atomic E-state index is 12.3. The summed E-state index contributed by atoms with van der Waals surface area (Å²) in [6.07, 6.45) is 0.896. The van der Waals surface area contributed by atoms with Gasteiger partial charge in [0.15, 0.2) is 11.9 Å². The van der Waals surface area contributed by atoms with E-state index in [1.807, 2.05) is 18.4 Å². The number of amides is 1. The molecule has 0 spiro atoms. The van der Waals surface area contributed by atoms with Crippen molar-refractivity contribution in [3.63, 3.8) is 0 Å². The van der Waals surface area contributed by atoms with E-state index >= 15 is 0 Å². The van der Waals surface area contributed by atoms with Crippen molar-refractivity contribution in [1.82, 2.24) is 0 Å². The molecular formula is C19H19NO4S. The maximum Gasteiger partial charge on any atom is 0.340 e. The second-order valence-corrected chi connectivity index (χ2v) is 6.22. The molecule has 1 atom stereocenters. The molecule has 6 heteroatoms. The summed E-state index contributed by atoms with van der Waals surface area (Å²) in [5.41, 5.74) is 1.40. The van der Waals surface area contributed by atoms with E-state index in [2.05, 4.69) is 5.32 Å². The smallest absolute Gasteiger partial charge is 0.340 e. The number of anilines is 1. The van der Waals surface area contributed by atoms with Crippen LogP contribution in [0.25, 0.3) is 0 Å². The molecule has 2 aromatic carbocycles. The number of esters is 1. The average Bonchev–Trinajstić information content (AvgIpc) is 2.61. The Bertz CT molecular complexity index is 804. The molecule has 0 bridgehead atoms. The molecule has 0 aliphatic heterocycles. The summed E-state index contributed by atoms with van der Waals surface area (Å²) in [4.78, 5) is 36.7. The van der Waals surface area contributed by atoms with Crippen LogP contribution in [0.2, 0.25) is 0 Å². The highest BCUT2D eigenvalue weighted by Gasteiger charge is 2.20. The van der Waals surface area contributed by atoms with Crippen molar-refractivity contribution in [1.29, 1.82) is 0 Å². The van der Waals surface area contributed by atoms with Gasteiger partial charge in [0.25, 0.3) is 5.91 Å². The van der Waals surface area contributed by atoms with E-state index in [1.54, 1.807) is 36.4 Å². The zero-order valence-electron chi connectivity index (χ0n) is 14.2. The molecule has 0 saturated heterocycles. The molecule has 0 radical (unpaired) electrons. The second-order valence-electron chi connectivity index (χ2n) is 5.37. The minimum atomic E-state index is -0.969. The van der Waals surface area contributed by atoms with Crippen LogP contribution in [0, 0.1) is 0 Å². The van der Waals surface area contributed by atoms with Gasteiger partial charge in [-0.05, 0) is 44.4 Å². The van der Waals surface area contributed by atoms with E-state index in [0.29, 0.717) is 16.8 Å². The summed E-state index contributed by atoms with van der Waals surface area (Å²) >= 11 is 1.43. The van der Waals surface area contributed by atoms with E-state index in [-0.39, 0.29) is 5.78 Å². The summed E-state index contributed by atoms with van der Waals surface area (Å²) in [5, 5.41) is 2.65. The molecule has 2 aromatic rings. The molecule has 5 nitrogen and oxygen atoms in total. The number of carbonyl (C=O) groups is 3. The molecule has 0 fully saturated rings. The molecule has 1 amide bonds. The summed E-state index contributed by atoms with van der Waals surface area (Å²) in [7, 11) is 0. The lowest BCUT2D eigenvalue weighted by Crippen LogP contribution is -2.30. The van der Waals surface area contributed by atoms with Gasteiger partial charge in [-0.15, -0.1) is 11.8 Å². The minimum absolute atomic E-state index is 0.0933. The number of Topliss-reactive ketones (excluding diaryl/α,β-unsaturated/α-hetero) is 1. The molecule has 0 aliphatic rings. The van der Waals surface area contributed by atoms with Gasteiger partial charge in [-0.2, -0.15) is 0 Å². The lowest BCUT2D eigenvalue weighted by atomic mass is 10.1. The summed E-state index contributed by atoms with van der Waals surface area (Å²) < 4.78 is 5.26. The van der Waals surface area contributed by atoms with Gasteiger partial charge < -0.3 is 10.1 Å². The molecule has 0 saturated carbocycles. The molecule has 0 aromatic heterocycles. The third kappa shape index (κ3) is 4.93. The first-order valence-electron chi connectivity index (χ1n) is 7.68. The van der Waals surface area contributed by atoms with Crippen LogP contribution >= 0.6 is 11.8 Å². The first-order valence-corrected chi connectivity index (χ1v) is 8.90. The fourth-order valence-corrected chi connectivity index (χ4v) is 2.74. The molecule has 25 heavy (non-hydrogen) atoms. The number of nitrogens with one attached hydrogen (secondary N) is 1. The van der Waals surface area contributed by atoms with Gasteiger partial charge in [0.05, 0.1) is 5.56 Å². The Hall–Kier alpha value is -2.60. The standard InChI is InChI=1S/C19H19NO4S/c1-12(21)14-7-6-8-15(11-14)20-18(22)13(2)24-19(23)16-9-4-5-10-17(16)25-3/h4-11,13H,1-3H3,(H,20,22)/t13-/m1/s1. The molecular weight excluding hydrogens is 338 g/mol. The third-order valence-electron chi connectivity index (χ3n) is 3.52. The van der Waals surface area contributed by atoms with Crippen LogP contribution in [-0.4, -0.2) is 30.0 Å². The normalized spacial score (nSPS) is 11.5. The zero-order chi connectivity index (χ0) is 18.4. The fraction of sp³-hybridized carbons (Fsp3) is 0.211. The molecule has 2 rings (SSSR count). The van der Waals surface area contributed by atoms with Crippen LogP contribution in [0.3, 0.4) is 0 Å². The molecule has 0 heterocycles. The van der Waals surface area contributed by atoms with Gasteiger partial charge in [0, 0.05) is 16.1 Å². The second kappa shape index (κ2) is 8.48. The Kier molecular flexibility index (Phi) is 6.36. The number of ether oxygens (including phenoxy) is 1. The summed E-state index contributed by atoms with van der Waals surface area (Å²) in [6.45, 7) is 2.96. The van der Waals surface area contributed by atoms with Gasteiger partial charge in [-0.3, -0.25) is 9.59 Å². The number of thioether (sulfide) groups is 1. The average molecular weight is 357 g/mol. The first-order chi connectivity index (χ1) is 11.9. The monoisotopic (exact) mass is 357 g/mol. The number of benzene rings is 2. The predicted octanol–water partition coefficient (Wildman–Crippen LogP) is 3.80. The van der Waals surface area contributed by atoms with Crippen LogP contribution in [0.4, 0.5) is 5.69 Å². The van der Waals surface area contributed by atoms with Crippen LogP contribution < -0.4 is 5.32 Å². The molecule has 130 valence electrons. The Morgan fingerprint density at radius 1 is 1.08 bits per heavy atom. The summed E-state index contributed by atoms with van der Waals surface area (Å²) in [6, 6.07) is 13.7. The van der Waals surface area contributed by atoms with Crippen molar-refractivity contribution in [2.45, 2.75) is 24.8 Å². The third-order valence-corrected chi connectivity index (χ3v) is 4.31. The minimum Gasteiger partial charge on any atom is -0.449 e. The SMILES string of the molecule is CSc1ccccc1C(=O)O[C@H](C)C(=O)Nc1cccc(C(C)=O)c1. The fourth-order valence-electron chi connectivity index (χ4n) is 2.15. The van der Waals surface area contributed by atoms with Gasteiger partial charge in [-0.1, -0.05) is 24.3 Å². The van der Waals surface area contributed by atoms with Crippen LogP contribution in [-0.2, 0) is 9.53 Å². The van der Waals surface area contributed by atoms with Crippen LogP contribution in [0.1, 0.15) is 34.6 Å². The van der Waals surface area contributed by atoms with E-state index in [0.717, 1.165) is 4.90 Å². The van der Waals surface area contributed by atoms with Gasteiger partial charge in [-0.25, -0.2) is 4.79 Å². The van der Waals surface area contributed by atoms with Crippen molar-refractivity contribution in [3.8, 4) is 0 Å². The number of hydrogen-bond acceptors (Lipinski definition) is 5. The highest BCUT2D eigenvalue weighted by atomic mass is 32.2. The highest BCUT2D eigenvalue weighted by Crippen LogP contribution is 2.21. The number of hydrogen-bond donors (Lipinski definition) is 1. The van der Waals surface area contributed by atoms with Crippen molar-refractivity contribution < 1.29 is 19.1 Å². The van der Waals surface area contributed by atoms with E-state index in [9.17, 15) is 14.4 Å². The topological polar surface area (TPSA) is 72.5 Å². The number of carbonyl (C=O) groups excluding carboxylic acids is 3. The molecule has 0 unspecified atom stereocenters. The number of ketones is 1.